The molecule has 1 atom stereocenters. The maximum Gasteiger partial charge on any atom is 0.255 e. The number of hydrogen-bond donors (Lipinski definition) is 1. The molecular weight excluding hydrogens is 456 g/mol. The molecule has 0 spiro atoms. The van der Waals surface area contributed by atoms with Gasteiger partial charge in [0.1, 0.15) is 5.69 Å². The molecule has 36 heavy (non-hydrogen) atoms. The lowest BCUT2D eigenvalue weighted by atomic mass is 9.98. The maximum absolute atomic E-state index is 13.6. The van der Waals surface area contributed by atoms with E-state index < -0.39 is 0 Å². The van der Waals surface area contributed by atoms with E-state index in [0.717, 1.165) is 16.7 Å². The number of aryl methyl sites for hydroxylation is 1. The summed E-state index contributed by atoms with van der Waals surface area (Å²) in [5.41, 5.74) is 4.51. The Kier molecular flexibility index (Phi) is 6.63. The highest BCUT2D eigenvalue weighted by Crippen LogP contribution is 2.24. The maximum atomic E-state index is 13.6. The van der Waals surface area contributed by atoms with Crippen LogP contribution in [0.2, 0.25) is 0 Å². The van der Waals surface area contributed by atoms with Crippen LogP contribution in [0.3, 0.4) is 0 Å². The highest BCUT2D eigenvalue weighted by atomic mass is 16.5. The number of hydrogen-bond acceptors (Lipinski definition) is 7. The van der Waals surface area contributed by atoms with Crippen molar-refractivity contribution in [2.24, 2.45) is 0 Å². The lowest BCUT2D eigenvalue weighted by molar-refractivity contribution is 0.0937. The molecule has 1 amide bonds. The van der Waals surface area contributed by atoms with Gasteiger partial charge < -0.3 is 14.5 Å². The SMILES string of the molecule is COCc1c(C(=O)NC(c2ccncc2)c2ccc(C)cc2)cnn1-c1nccc(-c2ccco2)n1. The van der Waals surface area contributed by atoms with Crippen molar-refractivity contribution in [1.82, 2.24) is 30.0 Å². The summed E-state index contributed by atoms with van der Waals surface area (Å²) in [6, 6.07) is 16.8. The second kappa shape index (κ2) is 10.3. The van der Waals surface area contributed by atoms with Crippen LogP contribution in [-0.4, -0.2) is 37.7 Å². The molecule has 0 fully saturated rings. The molecular formula is C27H24N6O3. The van der Waals surface area contributed by atoms with E-state index in [1.54, 1.807) is 44.1 Å². The summed E-state index contributed by atoms with van der Waals surface area (Å²) >= 11 is 0. The lowest BCUT2D eigenvalue weighted by Crippen LogP contribution is -2.30. The van der Waals surface area contributed by atoms with Crippen molar-refractivity contribution in [2.45, 2.75) is 19.6 Å². The van der Waals surface area contributed by atoms with Crippen molar-refractivity contribution in [3.8, 4) is 17.4 Å². The van der Waals surface area contributed by atoms with Crippen LogP contribution in [0.1, 0.15) is 38.8 Å². The van der Waals surface area contributed by atoms with Gasteiger partial charge in [-0.3, -0.25) is 9.78 Å². The molecule has 1 N–H and O–H groups in total. The Morgan fingerprint density at radius 2 is 1.83 bits per heavy atom. The average Bonchev–Trinajstić information content (AvgIpc) is 3.60. The molecule has 9 nitrogen and oxygen atoms in total. The fourth-order valence-electron chi connectivity index (χ4n) is 3.91. The minimum atomic E-state index is -0.377. The van der Waals surface area contributed by atoms with E-state index in [0.29, 0.717) is 28.7 Å². The van der Waals surface area contributed by atoms with E-state index in [9.17, 15) is 4.79 Å². The predicted molar refractivity (Wildman–Crippen MR) is 132 cm³/mol. The number of ether oxygens (including phenoxy) is 1. The van der Waals surface area contributed by atoms with E-state index in [-0.39, 0.29) is 18.6 Å². The van der Waals surface area contributed by atoms with Crippen molar-refractivity contribution in [2.75, 3.05) is 7.11 Å². The third-order valence-electron chi connectivity index (χ3n) is 5.73. The standard InChI is InChI=1S/C27H24N6O3/c1-18-5-7-19(8-6-18)25(20-9-12-28-13-10-20)32-26(34)21-16-30-33(23(21)17-35-2)27-29-14-11-22(31-27)24-4-3-15-36-24/h3-16,25H,17H2,1-2H3,(H,32,34). The summed E-state index contributed by atoms with van der Waals surface area (Å²) < 4.78 is 12.4. The average molecular weight is 481 g/mol. The van der Waals surface area contributed by atoms with Crippen molar-refractivity contribution in [3.63, 3.8) is 0 Å². The molecule has 4 heterocycles. The number of furan rings is 1. The Bertz CT molecular complexity index is 1450. The number of methoxy groups -OCH3 is 1. The topological polar surface area (TPSA) is 108 Å². The first kappa shape index (κ1) is 23.1. The summed E-state index contributed by atoms with van der Waals surface area (Å²) in [5, 5.41) is 7.57. The molecule has 0 aliphatic carbocycles. The van der Waals surface area contributed by atoms with Crippen LogP contribution in [0.4, 0.5) is 0 Å². The van der Waals surface area contributed by atoms with Gasteiger partial charge in [-0.2, -0.15) is 9.78 Å². The monoisotopic (exact) mass is 480 g/mol. The van der Waals surface area contributed by atoms with E-state index in [1.807, 2.05) is 49.4 Å². The molecule has 1 unspecified atom stereocenters. The molecule has 5 rings (SSSR count). The van der Waals surface area contributed by atoms with Crippen molar-refractivity contribution < 1.29 is 13.9 Å². The minimum Gasteiger partial charge on any atom is -0.463 e. The van der Waals surface area contributed by atoms with E-state index in [1.165, 1.54) is 10.9 Å². The molecule has 0 bridgehead atoms. The van der Waals surface area contributed by atoms with Gasteiger partial charge in [0, 0.05) is 25.7 Å². The Morgan fingerprint density at radius 1 is 1.06 bits per heavy atom. The van der Waals surface area contributed by atoms with Gasteiger partial charge in [-0.15, -0.1) is 0 Å². The van der Waals surface area contributed by atoms with E-state index >= 15 is 0 Å². The summed E-state index contributed by atoms with van der Waals surface area (Å²) in [6.45, 7) is 2.17. The number of nitrogens with one attached hydrogen (secondary N) is 1. The van der Waals surface area contributed by atoms with Crippen LogP contribution < -0.4 is 5.32 Å². The van der Waals surface area contributed by atoms with Gasteiger partial charge in [0.25, 0.3) is 11.9 Å². The normalized spacial score (nSPS) is 11.8. The molecule has 180 valence electrons. The molecule has 4 aromatic heterocycles. The number of amides is 1. The smallest absolute Gasteiger partial charge is 0.255 e. The molecule has 0 aliphatic rings. The summed E-state index contributed by atoms with van der Waals surface area (Å²) in [4.78, 5) is 26.6. The van der Waals surface area contributed by atoms with Gasteiger partial charge in [-0.1, -0.05) is 29.8 Å². The zero-order valence-electron chi connectivity index (χ0n) is 19.8. The molecule has 0 saturated carbocycles. The first-order valence-corrected chi connectivity index (χ1v) is 11.3. The Labute approximate surface area is 207 Å². The number of carbonyl (C=O) groups is 1. The zero-order chi connectivity index (χ0) is 24.9. The second-order valence-electron chi connectivity index (χ2n) is 8.17. The number of pyridine rings is 1. The van der Waals surface area contributed by atoms with Crippen molar-refractivity contribution >= 4 is 5.91 Å². The number of benzene rings is 1. The second-order valence-corrected chi connectivity index (χ2v) is 8.17. The number of nitrogens with zero attached hydrogens (tertiary/aromatic N) is 5. The van der Waals surface area contributed by atoms with E-state index in [2.05, 4.69) is 25.4 Å². The molecule has 0 saturated heterocycles. The number of carbonyl (C=O) groups excluding carboxylic acids is 1. The number of aromatic nitrogens is 5. The molecule has 0 radical (unpaired) electrons. The van der Waals surface area contributed by atoms with Crippen LogP contribution in [0.25, 0.3) is 17.4 Å². The van der Waals surface area contributed by atoms with E-state index in [4.69, 9.17) is 9.15 Å². The van der Waals surface area contributed by atoms with Crippen molar-refractivity contribution in [1.29, 1.82) is 0 Å². The van der Waals surface area contributed by atoms with Gasteiger partial charge in [0.2, 0.25) is 0 Å². The molecule has 1 aromatic carbocycles. The Balaban J connectivity index is 1.49. The quantitative estimate of drug-likeness (QED) is 0.353. The lowest BCUT2D eigenvalue weighted by Gasteiger charge is -2.20. The van der Waals surface area contributed by atoms with Crippen LogP contribution in [0.5, 0.6) is 0 Å². The van der Waals surface area contributed by atoms with Gasteiger partial charge in [-0.25, -0.2) is 9.97 Å². The molecule has 5 aromatic rings. The van der Waals surface area contributed by atoms with Crippen molar-refractivity contribution in [3.05, 3.63) is 114 Å². The van der Waals surface area contributed by atoms with Crippen LogP contribution in [0.15, 0.2) is 90.1 Å². The molecule has 9 heteroatoms. The summed E-state index contributed by atoms with van der Waals surface area (Å²) in [7, 11) is 1.56. The third kappa shape index (κ3) is 4.77. The van der Waals surface area contributed by atoms with Gasteiger partial charge in [0.15, 0.2) is 5.76 Å². The first-order valence-electron chi connectivity index (χ1n) is 11.3. The van der Waals surface area contributed by atoms with Gasteiger partial charge in [0.05, 0.1) is 36.4 Å². The van der Waals surface area contributed by atoms with Crippen LogP contribution >= 0.6 is 0 Å². The highest BCUT2D eigenvalue weighted by molar-refractivity contribution is 5.95. The Hall–Kier alpha value is -4.63. The fraction of sp³-hybridized carbons (Fsp3) is 0.148. The highest BCUT2D eigenvalue weighted by Gasteiger charge is 2.24. The number of rotatable bonds is 8. The largest absolute Gasteiger partial charge is 0.463 e. The van der Waals surface area contributed by atoms with Gasteiger partial charge in [-0.05, 0) is 48.4 Å². The minimum absolute atomic E-state index is 0.140. The summed E-state index contributed by atoms with van der Waals surface area (Å²) in [6.07, 6.45) is 8.12. The Morgan fingerprint density at radius 3 is 2.56 bits per heavy atom. The fourth-order valence-corrected chi connectivity index (χ4v) is 3.91. The molecule has 0 aliphatic heterocycles. The van der Waals surface area contributed by atoms with Gasteiger partial charge >= 0.3 is 0 Å². The first-order chi connectivity index (χ1) is 17.6. The summed E-state index contributed by atoms with van der Waals surface area (Å²) in [5.74, 6) is 0.618. The zero-order valence-corrected chi connectivity index (χ0v) is 19.8. The third-order valence-corrected chi connectivity index (χ3v) is 5.73. The van der Waals surface area contributed by atoms with Crippen LogP contribution in [-0.2, 0) is 11.3 Å². The predicted octanol–water partition coefficient (Wildman–Crippen LogP) is 4.29. The van der Waals surface area contributed by atoms with Crippen LogP contribution in [0, 0.1) is 6.92 Å².